The third-order valence-electron chi connectivity index (χ3n) is 6.70. The van der Waals surface area contributed by atoms with Crippen LogP contribution in [0.25, 0.3) is 0 Å². The van der Waals surface area contributed by atoms with Crippen molar-refractivity contribution in [1.82, 2.24) is 15.5 Å². The number of nitrogens with zero attached hydrogens (tertiary/aromatic N) is 4. The van der Waals surface area contributed by atoms with Crippen LogP contribution in [0.15, 0.2) is 30.3 Å². The summed E-state index contributed by atoms with van der Waals surface area (Å²) >= 11 is 6.11. The molecule has 0 bridgehead atoms. The van der Waals surface area contributed by atoms with Crippen molar-refractivity contribution in [3.63, 3.8) is 0 Å². The smallest absolute Gasteiger partial charge is 0.272 e. The van der Waals surface area contributed by atoms with Crippen LogP contribution in [0.3, 0.4) is 0 Å². The molecule has 0 radical (unpaired) electrons. The summed E-state index contributed by atoms with van der Waals surface area (Å²) in [5.41, 5.74) is -0.162. The predicted octanol–water partition coefficient (Wildman–Crippen LogP) is 3.54. The number of rotatable bonds is 6. The first-order valence-electron chi connectivity index (χ1n) is 11.7. The maximum absolute atomic E-state index is 12.7. The van der Waals surface area contributed by atoms with Crippen LogP contribution in [0.4, 0.5) is 5.82 Å². The molecule has 1 saturated heterocycles. The average Bonchev–Trinajstić information content (AvgIpc) is 2.90. The number of aldehydes is 1. The zero-order chi connectivity index (χ0) is 24.8. The molecule has 1 aromatic carbocycles. The van der Waals surface area contributed by atoms with Gasteiger partial charge in [0.25, 0.3) is 5.91 Å². The van der Waals surface area contributed by atoms with Crippen LogP contribution in [0, 0.1) is 29.6 Å². The molecule has 2 heterocycles. The van der Waals surface area contributed by atoms with Crippen LogP contribution in [-0.4, -0.2) is 47.1 Å². The molecule has 35 heavy (non-hydrogen) atoms. The molecule has 9 heteroatoms. The van der Waals surface area contributed by atoms with E-state index in [1.807, 2.05) is 6.07 Å². The third-order valence-corrected chi connectivity index (χ3v) is 7.02. The lowest BCUT2D eigenvalue weighted by atomic mass is 9.82. The van der Waals surface area contributed by atoms with Crippen LogP contribution in [-0.2, 0) is 4.79 Å². The van der Waals surface area contributed by atoms with Crippen molar-refractivity contribution >= 4 is 29.6 Å². The van der Waals surface area contributed by atoms with Gasteiger partial charge in [0.15, 0.2) is 17.1 Å². The van der Waals surface area contributed by atoms with E-state index in [2.05, 4.69) is 26.3 Å². The Bertz CT molecular complexity index is 1150. The van der Waals surface area contributed by atoms with Gasteiger partial charge in [-0.15, -0.1) is 16.6 Å². The van der Waals surface area contributed by atoms with Gasteiger partial charge >= 0.3 is 0 Å². The molecular weight excluding hydrogens is 466 g/mol. The molecule has 8 nitrogen and oxygen atoms in total. The Morgan fingerprint density at radius 1 is 1.20 bits per heavy atom. The van der Waals surface area contributed by atoms with Crippen molar-refractivity contribution in [1.29, 1.82) is 5.26 Å². The highest BCUT2D eigenvalue weighted by atomic mass is 35.5. The first-order chi connectivity index (χ1) is 16.9. The minimum atomic E-state index is -0.794. The van der Waals surface area contributed by atoms with Crippen LogP contribution in [0.2, 0.25) is 5.02 Å². The van der Waals surface area contributed by atoms with E-state index in [-0.39, 0.29) is 23.6 Å². The van der Waals surface area contributed by atoms with E-state index in [1.54, 1.807) is 30.3 Å². The SMILES string of the molecule is C#C[C@]1(Oc2ccc(C#N)c(Cl)c2)CC[C@@H](NC(=O)c2ccc(N3CCC(C=O)CC3)nn2)CC1. The quantitative estimate of drug-likeness (QED) is 0.486. The molecule has 180 valence electrons. The maximum atomic E-state index is 12.7. The Kier molecular flexibility index (Phi) is 7.53. The lowest BCUT2D eigenvalue weighted by molar-refractivity contribution is -0.111. The lowest BCUT2D eigenvalue weighted by Gasteiger charge is -2.36. The summed E-state index contributed by atoms with van der Waals surface area (Å²) in [7, 11) is 0. The van der Waals surface area contributed by atoms with E-state index in [1.165, 1.54) is 0 Å². The first-order valence-corrected chi connectivity index (χ1v) is 12.0. The Balaban J connectivity index is 1.30. The van der Waals surface area contributed by atoms with Crippen LogP contribution in [0.5, 0.6) is 5.75 Å². The Labute approximate surface area is 209 Å². The molecular formula is C26H26ClN5O3. The van der Waals surface area contributed by atoms with E-state index in [0.29, 0.717) is 47.8 Å². The zero-order valence-electron chi connectivity index (χ0n) is 19.2. The Hall–Kier alpha value is -3.62. The second kappa shape index (κ2) is 10.8. The second-order valence-electron chi connectivity index (χ2n) is 8.98. The molecule has 0 unspecified atom stereocenters. The number of nitrogens with one attached hydrogen (secondary N) is 1. The summed E-state index contributed by atoms with van der Waals surface area (Å²) in [5, 5.41) is 20.7. The van der Waals surface area contributed by atoms with Gasteiger partial charge in [0.2, 0.25) is 0 Å². The summed E-state index contributed by atoms with van der Waals surface area (Å²) < 4.78 is 6.11. The predicted molar refractivity (Wildman–Crippen MR) is 131 cm³/mol. The van der Waals surface area contributed by atoms with Gasteiger partial charge in [-0.05, 0) is 49.9 Å². The zero-order valence-corrected chi connectivity index (χ0v) is 20.0. The number of hydrogen-bond acceptors (Lipinski definition) is 7. The Morgan fingerprint density at radius 3 is 2.51 bits per heavy atom. The first kappa shape index (κ1) is 24.5. The fourth-order valence-corrected chi connectivity index (χ4v) is 4.73. The molecule has 1 aromatic heterocycles. The molecule has 1 aliphatic carbocycles. The maximum Gasteiger partial charge on any atom is 0.272 e. The van der Waals surface area contributed by atoms with Crippen LogP contribution >= 0.6 is 11.6 Å². The van der Waals surface area contributed by atoms with Crippen LogP contribution in [0.1, 0.15) is 54.6 Å². The highest BCUT2D eigenvalue weighted by Crippen LogP contribution is 2.34. The lowest BCUT2D eigenvalue weighted by Crippen LogP contribution is -2.45. The summed E-state index contributed by atoms with van der Waals surface area (Å²) in [6.07, 6.45) is 10.9. The van der Waals surface area contributed by atoms with E-state index < -0.39 is 5.60 Å². The third kappa shape index (κ3) is 5.72. The molecule has 0 spiro atoms. The van der Waals surface area contributed by atoms with Crippen LogP contribution < -0.4 is 15.0 Å². The normalized spacial score (nSPS) is 22.5. The summed E-state index contributed by atoms with van der Waals surface area (Å²) in [5.74, 6) is 3.83. The van der Waals surface area contributed by atoms with Crippen molar-refractivity contribution in [2.45, 2.75) is 50.2 Å². The minimum absolute atomic E-state index is 0.0547. The number of nitriles is 1. The molecule has 2 aliphatic rings. The number of carbonyl (C=O) groups excluding carboxylic acids is 2. The number of anilines is 1. The number of hydrogen-bond donors (Lipinski definition) is 1. The molecule has 1 saturated carbocycles. The number of benzene rings is 1. The number of halogens is 1. The highest BCUT2D eigenvalue weighted by molar-refractivity contribution is 6.31. The van der Waals surface area contributed by atoms with E-state index >= 15 is 0 Å². The molecule has 0 atom stereocenters. The van der Waals surface area contributed by atoms with Gasteiger partial charge in [0.05, 0.1) is 10.6 Å². The number of amides is 1. The van der Waals surface area contributed by atoms with Gasteiger partial charge in [-0.3, -0.25) is 4.79 Å². The fourth-order valence-electron chi connectivity index (χ4n) is 4.52. The molecule has 2 aromatic rings. The number of ether oxygens (including phenoxy) is 1. The summed E-state index contributed by atoms with van der Waals surface area (Å²) in [6, 6.07) is 10.3. The molecule has 4 rings (SSSR count). The highest BCUT2D eigenvalue weighted by Gasteiger charge is 2.36. The van der Waals surface area contributed by atoms with Crippen molar-refractivity contribution in [3.05, 3.63) is 46.6 Å². The average molecular weight is 492 g/mol. The van der Waals surface area contributed by atoms with E-state index in [9.17, 15) is 9.59 Å². The number of terminal acetylenes is 1. The number of aromatic nitrogens is 2. The van der Waals surface area contributed by atoms with E-state index in [0.717, 1.165) is 32.2 Å². The molecule has 1 aliphatic heterocycles. The van der Waals surface area contributed by atoms with Gasteiger partial charge in [-0.1, -0.05) is 17.5 Å². The monoisotopic (exact) mass is 491 g/mol. The van der Waals surface area contributed by atoms with Gasteiger partial charge in [-0.25, -0.2) is 0 Å². The van der Waals surface area contributed by atoms with Gasteiger partial charge in [0, 0.05) is 44.0 Å². The van der Waals surface area contributed by atoms with E-state index in [4.69, 9.17) is 28.0 Å². The largest absolute Gasteiger partial charge is 0.475 e. The van der Waals surface area contributed by atoms with Crippen molar-refractivity contribution in [2.75, 3.05) is 18.0 Å². The molecule has 1 amide bonds. The van der Waals surface area contributed by atoms with Gasteiger partial charge in [-0.2, -0.15) is 5.26 Å². The number of carbonyl (C=O) groups is 2. The topological polar surface area (TPSA) is 108 Å². The standard InChI is InChI=1S/C26H26ClN5O3/c1-2-26(35-21-4-3-19(16-28)22(27)15-21)11-7-20(8-12-26)29-25(34)23-5-6-24(31-30-23)32-13-9-18(17-33)10-14-32/h1,3-6,15,17-18,20H,7-14H2,(H,29,34)/t20-,26+. The molecule has 1 N–H and O–H groups in total. The fraction of sp³-hybridized carbons (Fsp3) is 0.423. The van der Waals surface area contributed by atoms with Gasteiger partial charge in [0.1, 0.15) is 18.1 Å². The molecule has 2 fully saturated rings. The number of piperidine rings is 1. The second-order valence-corrected chi connectivity index (χ2v) is 9.39. The van der Waals surface area contributed by atoms with Crippen molar-refractivity contribution < 1.29 is 14.3 Å². The Morgan fingerprint density at radius 2 is 1.94 bits per heavy atom. The van der Waals surface area contributed by atoms with Gasteiger partial charge < -0.3 is 19.7 Å². The summed E-state index contributed by atoms with van der Waals surface area (Å²) in [6.45, 7) is 1.50. The van der Waals surface area contributed by atoms with Crippen molar-refractivity contribution in [2.24, 2.45) is 5.92 Å². The summed E-state index contributed by atoms with van der Waals surface area (Å²) in [4.78, 5) is 25.7. The van der Waals surface area contributed by atoms with Crippen molar-refractivity contribution in [3.8, 4) is 24.2 Å². The minimum Gasteiger partial charge on any atom is -0.475 e.